The zero-order valence-electron chi connectivity index (χ0n) is 11.3. The molecule has 3 rings (SSSR count). The van der Waals surface area contributed by atoms with Crippen molar-refractivity contribution in [3.05, 3.63) is 53.6 Å². The van der Waals surface area contributed by atoms with Crippen LogP contribution in [0.3, 0.4) is 0 Å². The van der Waals surface area contributed by atoms with Gasteiger partial charge in [-0.2, -0.15) is 0 Å². The van der Waals surface area contributed by atoms with E-state index in [4.69, 9.17) is 17.3 Å². The van der Waals surface area contributed by atoms with Crippen LogP contribution < -0.4 is 15.5 Å². The zero-order chi connectivity index (χ0) is 13.9. The third-order valence-corrected chi connectivity index (χ3v) is 4.05. The highest BCUT2D eigenvalue weighted by atomic mass is 35.5. The minimum Gasteiger partial charge on any atom is -0.399 e. The van der Waals surface area contributed by atoms with Gasteiger partial charge in [-0.1, -0.05) is 23.7 Å². The summed E-state index contributed by atoms with van der Waals surface area (Å²) >= 11 is 6.26. The SMILES string of the molecule is Nc1ccc(N2CCN(c3ccccc3Cl)CC2)cc1. The molecule has 0 bridgehead atoms. The van der Waals surface area contributed by atoms with Crippen molar-refractivity contribution in [1.29, 1.82) is 0 Å². The van der Waals surface area contributed by atoms with Crippen LogP contribution >= 0.6 is 11.6 Å². The highest BCUT2D eigenvalue weighted by Crippen LogP contribution is 2.27. The van der Waals surface area contributed by atoms with Gasteiger partial charge in [0, 0.05) is 37.6 Å². The second-order valence-electron chi connectivity index (χ2n) is 5.02. The smallest absolute Gasteiger partial charge is 0.0639 e. The van der Waals surface area contributed by atoms with E-state index in [-0.39, 0.29) is 0 Å². The third kappa shape index (κ3) is 2.68. The molecule has 1 saturated heterocycles. The van der Waals surface area contributed by atoms with Crippen molar-refractivity contribution in [1.82, 2.24) is 0 Å². The molecule has 0 aliphatic carbocycles. The first-order valence-electron chi connectivity index (χ1n) is 6.84. The molecule has 0 spiro atoms. The summed E-state index contributed by atoms with van der Waals surface area (Å²) in [7, 11) is 0. The highest BCUT2D eigenvalue weighted by Gasteiger charge is 2.18. The van der Waals surface area contributed by atoms with Crippen LogP contribution in [0.4, 0.5) is 17.1 Å². The summed E-state index contributed by atoms with van der Waals surface area (Å²) in [6, 6.07) is 16.1. The molecule has 20 heavy (non-hydrogen) atoms. The Kier molecular flexibility index (Phi) is 3.70. The van der Waals surface area contributed by atoms with Gasteiger partial charge in [-0.3, -0.25) is 0 Å². The molecule has 1 aliphatic rings. The number of anilines is 3. The minimum absolute atomic E-state index is 0.809. The fourth-order valence-corrected chi connectivity index (χ4v) is 2.85. The van der Waals surface area contributed by atoms with E-state index < -0.39 is 0 Å². The number of para-hydroxylation sites is 1. The minimum atomic E-state index is 0.809. The first-order valence-corrected chi connectivity index (χ1v) is 7.22. The van der Waals surface area contributed by atoms with Crippen LogP contribution in [0, 0.1) is 0 Å². The maximum atomic E-state index is 6.26. The normalized spacial score (nSPS) is 15.4. The molecule has 0 unspecified atom stereocenters. The number of hydrogen-bond donors (Lipinski definition) is 1. The molecular formula is C16H18ClN3. The Morgan fingerprint density at radius 3 is 2.05 bits per heavy atom. The molecule has 0 atom stereocenters. The number of piperazine rings is 1. The summed E-state index contributed by atoms with van der Waals surface area (Å²) in [6.07, 6.45) is 0. The second kappa shape index (κ2) is 5.63. The molecule has 2 aromatic carbocycles. The lowest BCUT2D eigenvalue weighted by molar-refractivity contribution is 0.654. The summed E-state index contributed by atoms with van der Waals surface area (Å²) in [5.41, 5.74) is 8.90. The number of nitrogens with zero attached hydrogens (tertiary/aromatic N) is 2. The van der Waals surface area contributed by atoms with Crippen molar-refractivity contribution in [2.75, 3.05) is 41.7 Å². The summed E-state index contributed by atoms with van der Waals surface area (Å²) < 4.78 is 0. The Bertz CT molecular complexity index is 575. The van der Waals surface area contributed by atoms with Crippen LogP contribution in [-0.2, 0) is 0 Å². The Labute approximate surface area is 124 Å². The van der Waals surface area contributed by atoms with Gasteiger partial charge in [0.05, 0.1) is 10.7 Å². The monoisotopic (exact) mass is 287 g/mol. The van der Waals surface area contributed by atoms with Crippen molar-refractivity contribution in [2.45, 2.75) is 0 Å². The molecule has 0 radical (unpaired) electrons. The fourth-order valence-electron chi connectivity index (χ4n) is 2.60. The predicted octanol–water partition coefficient (Wildman–Crippen LogP) is 3.25. The van der Waals surface area contributed by atoms with Crippen molar-refractivity contribution in [3.8, 4) is 0 Å². The molecule has 0 aromatic heterocycles. The summed E-state index contributed by atoms with van der Waals surface area (Å²) in [5, 5.41) is 0.827. The lowest BCUT2D eigenvalue weighted by Gasteiger charge is -2.37. The summed E-state index contributed by atoms with van der Waals surface area (Å²) in [4.78, 5) is 4.73. The Balaban J connectivity index is 1.68. The van der Waals surface area contributed by atoms with Gasteiger partial charge in [0.25, 0.3) is 0 Å². The lowest BCUT2D eigenvalue weighted by Crippen LogP contribution is -2.46. The number of hydrogen-bond acceptors (Lipinski definition) is 3. The van der Waals surface area contributed by atoms with Crippen LogP contribution in [-0.4, -0.2) is 26.2 Å². The van der Waals surface area contributed by atoms with E-state index in [2.05, 4.69) is 28.0 Å². The largest absolute Gasteiger partial charge is 0.399 e. The fraction of sp³-hybridized carbons (Fsp3) is 0.250. The summed E-state index contributed by atoms with van der Waals surface area (Å²) in [6.45, 7) is 3.95. The second-order valence-corrected chi connectivity index (χ2v) is 5.42. The van der Waals surface area contributed by atoms with E-state index in [1.54, 1.807) is 0 Å². The first kappa shape index (κ1) is 13.1. The van der Waals surface area contributed by atoms with Gasteiger partial charge in [0.2, 0.25) is 0 Å². The predicted molar refractivity (Wildman–Crippen MR) is 86.7 cm³/mol. The Hall–Kier alpha value is -1.87. The van der Waals surface area contributed by atoms with Crippen molar-refractivity contribution in [3.63, 3.8) is 0 Å². The molecule has 1 heterocycles. The molecule has 4 heteroatoms. The standard InChI is InChI=1S/C16H18ClN3/c17-15-3-1-2-4-16(15)20-11-9-19(10-12-20)14-7-5-13(18)6-8-14/h1-8H,9-12,18H2. The molecule has 104 valence electrons. The van der Waals surface area contributed by atoms with Gasteiger partial charge in [-0.05, 0) is 36.4 Å². The van der Waals surface area contributed by atoms with Crippen molar-refractivity contribution in [2.24, 2.45) is 0 Å². The molecule has 1 fully saturated rings. The van der Waals surface area contributed by atoms with E-state index >= 15 is 0 Å². The lowest BCUT2D eigenvalue weighted by atomic mass is 10.2. The molecular weight excluding hydrogens is 270 g/mol. The third-order valence-electron chi connectivity index (χ3n) is 3.73. The van der Waals surface area contributed by atoms with Crippen molar-refractivity contribution < 1.29 is 0 Å². The van der Waals surface area contributed by atoms with Gasteiger partial charge in [0.1, 0.15) is 0 Å². The number of nitrogen functional groups attached to an aromatic ring is 1. The molecule has 2 aromatic rings. The number of halogens is 1. The van der Waals surface area contributed by atoms with E-state index in [1.807, 2.05) is 30.3 Å². The van der Waals surface area contributed by atoms with Crippen molar-refractivity contribution >= 4 is 28.7 Å². The number of nitrogens with two attached hydrogens (primary N) is 1. The summed E-state index contributed by atoms with van der Waals surface area (Å²) in [5.74, 6) is 0. The van der Waals surface area contributed by atoms with Gasteiger partial charge >= 0.3 is 0 Å². The maximum absolute atomic E-state index is 6.26. The maximum Gasteiger partial charge on any atom is 0.0639 e. The van der Waals surface area contributed by atoms with Gasteiger partial charge in [-0.15, -0.1) is 0 Å². The average Bonchev–Trinajstić information content (AvgIpc) is 2.49. The topological polar surface area (TPSA) is 32.5 Å². The van der Waals surface area contributed by atoms with E-state index in [0.29, 0.717) is 0 Å². The van der Waals surface area contributed by atoms with E-state index in [1.165, 1.54) is 5.69 Å². The van der Waals surface area contributed by atoms with Crippen LogP contribution in [0.1, 0.15) is 0 Å². The molecule has 0 amide bonds. The molecule has 2 N–H and O–H groups in total. The molecule has 3 nitrogen and oxygen atoms in total. The first-order chi connectivity index (χ1) is 9.74. The number of benzene rings is 2. The van der Waals surface area contributed by atoms with Crippen LogP contribution in [0.2, 0.25) is 5.02 Å². The van der Waals surface area contributed by atoms with E-state index in [9.17, 15) is 0 Å². The zero-order valence-corrected chi connectivity index (χ0v) is 12.1. The van der Waals surface area contributed by atoms with Gasteiger partial charge in [0.15, 0.2) is 0 Å². The molecule has 1 aliphatic heterocycles. The van der Waals surface area contributed by atoms with Crippen LogP contribution in [0.15, 0.2) is 48.5 Å². The number of rotatable bonds is 2. The average molecular weight is 288 g/mol. The van der Waals surface area contributed by atoms with Crippen LogP contribution in [0.5, 0.6) is 0 Å². The Morgan fingerprint density at radius 2 is 1.40 bits per heavy atom. The Morgan fingerprint density at radius 1 is 0.800 bits per heavy atom. The highest BCUT2D eigenvalue weighted by molar-refractivity contribution is 6.33. The molecule has 0 saturated carbocycles. The van der Waals surface area contributed by atoms with Gasteiger partial charge < -0.3 is 15.5 Å². The quantitative estimate of drug-likeness (QED) is 0.861. The van der Waals surface area contributed by atoms with Crippen LogP contribution in [0.25, 0.3) is 0 Å². The van der Waals surface area contributed by atoms with E-state index in [0.717, 1.165) is 42.6 Å². The van der Waals surface area contributed by atoms with Gasteiger partial charge in [-0.25, -0.2) is 0 Å².